The molecule has 0 aliphatic carbocycles. The maximum atomic E-state index is 11.8. The van der Waals surface area contributed by atoms with Gasteiger partial charge in [0, 0.05) is 24.8 Å². The van der Waals surface area contributed by atoms with E-state index in [1.807, 2.05) is 13.8 Å². The number of rotatable bonds is 7. The SMILES string of the molecule is CC(C)COCCNC(=O)c1ccc([N+](=O)[O-])c(Cl)c1. The smallest absolute Gasteiger partial charge is 0.287 e. The monoisotopic (exact) mass is 300 g/mol. The van der Waals surface area contributed by atoms with E-state index >= 15 is 0 Å². The van der Waals surface area contributed by atoms with Crippen LogP contribution in [0.25, 0.3) is 0 Å². The molecule has 20 heavy (non-hydrogen) atoms. The highest BCUT2D eigenvalue weighted by atomic mass is 35.5. The summed E-state index contributed by atoms with van der Waals surface area (Å²) in [6, 6.07) is 3.87. The van der Waals surface area contributed by atoms with Gasteiger partial charge >= 0.3 is 0 Å². The molecule has 0 spiro atoms. The minimum atomic E-state index is -0.593. The van der Waals surface area contributed by atoms with Crippen LogP contribution in [0.3, 0.4) is 0 Å². The average molecular weight is 301 g/mol. The van der Waals surface area contributed by atoms with Crippen LogP contribution in [0.1, 0.15) is 24.2 Å². The Balaban J connectivity index is 2.48. The highest BCUT2D eigenvalue weighted by Gasteiger charge is 2.14. The molecule has 1 rings (SSSR count). The summed E-state index contributed by atoms with van der Waals surface area (Å²) in [5.41, 5.74) is 0.0629. The van der Waals surface area contributed by atoms with Crippen molar-refractivity contribution in [1.29, 1.82) is 0 Å². The molecule has 0 fully saturated rings. The standard InChI is InChI=1S/C13H17ClN2O4/c1-9(2)8-20-6-5-15-13(17)10-3-4-12(16(18)19)11(14)7-10/h3-4,7,9H,5-6,8H2,1-2H3,(H,15,17). The maximum absolute atomic E-state index is 11.8. The molecule has 1 amide bonds. The summed E-state index contributed by atoms with van der Waals surface area (Å²) in [4.78, 5) is 21.8. The van der Waals surface area contributed by atoms with E-state index in [0.717, 1.165) is 0 Å². The van der Waals surface area contributed by atoms with Gasteiger partial charge < -0.3 is 10.1 Å². The third-order valence-electron chi connectivity index (χ3n) is 2.39. The molecule has 0 saturated carbocycles. The molecule has 0 saturated heterocycles. The van der Waals surface area contributed by atoms with Crippen LogP contribution in [0.2, 0.25) is 5.02 Å². The molecular formula is C13H17ClN2O4. The highest BCUT2D eigenvalue weighted by Crippen LogP contribution is 2.24. The number of nitro groups is 1. The summed E-state index contributed by atoms with van der Waals surface area (Å²) in [6.07, 6.45) is 0. The molecule has 0 aliphatic rings. The summed E-state index contributed by atoms with van der Waals surface area (Å²) in [5, 5.41) is 13.2. The first-order chi connectivity index (χ1) is 9.41. The lowest BCUT2D eigenvalue weighted by molar-refractivity contribution is -0.384. The van der Waals surface area contributed by atoms with Crippen molar-refractivity contribution in [2.24, 2.45) is 5.92 Å². The molecule has 0 aliphatic heterocycles. The lowest BCUT2D eigenvalue weighted by Gasteiger charge is -2.08. The number of nitro benzene ring substituents is 1. The highest BCUT2D eigenvalue weighted by molar-refractivity contribution is 6.33. The number of benzene rings is 1. The number of hydrogen-bond acceptors (Lipinski definition) is 4. The Morgan fingerprint density at radius 1 is 1.50 bits per heavy atom. The minimum absolute atomic E-state index is 0.0568. The van der Waals surface area contributed by atoms with Gasteiger partial charge in [-0.3, -0.25) is 14.9 Å². The van der Waals surface area contributed by atoms with Gasteiger partial charge in [-0.2, -0.15) is 0 Å². The Morgan fingerprint density at radius 2 is 2.20 bits per heavy atom. The van der Waals surface area contributed by atoms with E-state index in [2.05, 4.69) is 5.32 Å². The quantitative estimate of drug-likeness (QED) is 0.477. The van der Waals surface area contributed by atoms with Crippen molar-refractivity contribution >= 4 is 23.2 Å². The van der Waals surface area contributed by atoms with E-state index in [1.54, 1.807) is 0 Å². The van der Waals surface area contributed by atoms with E-state index in [0.29, 0.717) is 25.7 Å². The second kappa shape index (κ2) is 7.81. The van der Waals surface area contributed by atoms with Crippen LogP contribution in [0, 0.1) is 16.0 Å². The van der Waals surface area contributed by atoms with Crippen LogP contribution >= 0.6 is 11.6 Å². The average Bonchev–Trinajstić information content (AvgIpc) is 2.37. The number of hydrogen-bond donors (Lipinski definition) is 1. The number of amides is 1. The van der Waals surface area contributed by atoms with Crippen LogP contribution in [-0.2, 0) is 4.74 Å². The summed E-state index contributed by atoms with van der Waals surface area (Å²) >= 11 is 5.74. The first-order valence-electron chi connectivity index (χ1n) is 6.21. The summed E-state index contributed by atoms with van der Waals surface area (Å²) in [7, 11) is 0. The van der Waals surface area contributed by atoms with Gasteiger partial charge in [-0.1, -0.05) is 25.4 Å². The lowest BCUT2D eigenvalue weighted by Crippen LogP contribution is -2.27. The number of carbonyl (C=O) groups is 1. The van der Waals surface area contributed by atoms with Crippen LogP contribution in [0.15, 0.2) is 18.2 Å². The Labute approximate surface area is 122 Å². The predicted molar refractivity (Wildman–Crippen MR) is 76.1 cm³/mol. The first-order valence-corrected chi connectivity index (χ1v) is 6.59. The summed E-state index contributed by atoms with van der Waals surface area (Å²) < 4.78 is 5.33. The van der Waals surface area contributed by atoms with Crippen LogP contribution < -0.4 is 5.32 Å². The van der Waals surface area contributed by atoms with Gasteiger partial charge in [-0.15, -0.1) is 0 Å². The van der Waals surface area contributed by atoms with Crippen molar-refractivity contribution in [3.05, 3.63) is 38.9 Å². The van der Waals surface area contributed by atoms with Crippen molar-refractivity contribution in [2.45, 2.75) is 13.8 Å². The second-order valence-corrected chi connectivity index (χ2v) is 5.06. The number of nitrogens with one attached hydrogen (secondary N) is 1. The first kappa shape index (κ1) is 16.4. The second-order valence-electron chi connectivity index (χ2n) is 4.65. The molecule has 0 unspecified atom stereocenters. The van der Waals surface area contributed by atoms with Crippen molar-refractivity contribution in [1.82, 2.24) is 5.32 Å². The lowest BCUT2D eigenvalue weighted by atomic mass is 10.2. The van der Waals surface area contributed by atoms with Crippen molar-refractivity contribution in [3.8, 4) is 0 Å². The Kier molecular flexibility index (Phi) is 6.41. The number of ether oxygens (including phenoxy) is 1. The van der Waals surface area contributed by atoms with E-state index in [-0.39, 0.29) is 22.2 Å². The van der Waals surface area contributed by atoms with E-state index < -0.39 is 4.92 Å². The van der Waals surface area contributed by atoms with Gasteiger partial charge in [0.2, 0.25) is 0 Å². The molecule has 0 heterocycles. The van der Waals surface area contributed by atoms with Gasteiger partial charge in [-0.25, -0.2) is 0 Å². The number of carbonyl (C=O) groups excluding carboxylic acids is 1. The van der Waals surface area contributed by atoms with Crippen LogP contribution in [-0.4, -0.2) is 30.6 Å². The van der Waals surface area contributed by atoms with Gasteiger partial charge in [-0.05, 0) is 18.1 Å². The van der Waals surface area contributed by atoms with Gasteiger partial charge in [0.05, 0.1) is 11.5 Å². The topological polar surface area (TPSA) is 81.5 Å². The van der Waals surface area contributed by atoms with Crippen LogP contribution in [0.5, 0.6) is 0 Å². The molecule has 1 N–H and O–H groups in total. The third kappa shape index (κ3) is 5.14. The zero-order valence-corrected chi connectivity index (χ0v) is 12.1. The fourth-order valence-electron chi connectivity index (χ4n) is 1.45. The molecule has 1 aromatic carbocycles. The zero-order valence-electron chi connectivity index (χ0n) is 11.4. The molecule has 7 heteroatoms. The molecular weight excluding hydrogens is 284 g/mol. The fraction of sp³-hybridized carbons (Fsp3) is 0.462. The molecule has 1 aromatic rings. The zero-order chi connectivity index (χ0) is 15.1. The number of nitrogens with zero attached hydrogens (tertiary/aromatic N) is 1. The largest absolute Gasteiger partial charge is 0.379 e. The molecule has 0 atom stereocenters. The number of halogens is 1. The van der Waals surface area contributed by atoms with E-state index in [1.165, 1.54) is 18.2 Å². The fourth-order valence-corrected chi connectivity index (χ4v) is 1.70. The molecule has 0 bridgehead atoms. The molecule has 0 aromatic heterocycles. The summed E-state index contributed by atoms with van der Waals surface area (Å²) in [6.45, 7) is 5.51. The van der Waals surface area contributed by atoms with Crippen molar-refractivity contribution in [3.63, 3.8) is 0 Å². The summed E-state index contributed by atoms with van der Waals surface area (Å²) in [5.74, 6) is 0.106. The normalized spacial score (nSPS) is 10.6. The molecule has 110 valence electrons. The van der Waals surface area contributed by atoms with Gasteiger partial charge in [0.1, 0.15) is 5.02 Å². The van der Waals surface area contributed by atoms with E-state index in [9.17, 15) is 14.9 Å². The van der Waals surface area contributed by atoms with Crippen LogP contribution in [0.4, 0.5) is 5.69 Å². The molecule has 0 radical (unpaired) electrons. The minimum Gasteiger partial charge on any atom is -0.379 e. The Bertz CT molecular complexity index is 491. The van der Waals surface area contributed by atoms with Gasteiger partial charge in [0.15, 0.2) is 0 Å². The van der Waals surface area contributed by atoms with Gasteiger partial charge in [0.25, 0.3) is 11.6 Å². The predicted octanol–water partition coefficient (Wildman–Crippen LogP) is 2.65. The van der Waals surface area contributed by atoms with Crippen molar-refractivity contribution < 1.29 is 14.5 Å². The maximum Gasteiger partial charge on any atom is 0.287 e. The molecule has 6 nitrogen and oxygen atoms in total. The van der Waals surface area contributed by atoms with E-state index in [4.69, 9.17) is 16.3 Å². The Hall–Kier alpha value is -1.66. The van der Waals surface area contributed by atoms with Crippen molar-refractivity contribution in [2.75, 3.05) is 19.8 Å². The Morgan fingerprint density at radius 3 is 2.75 bits per heavy atom. The third-order valence-corrected chi connectivity index (χ3v) is 2.69.